The Labute approximate surface area is 200 Å². The van der Waals surface area contributed by atoms with Crippen LogP contribution in [0.15, 0.2) is 60.7 Å². The first-order chi connectivity index (χ1) is 16.6. The maximum Gasteiger partial charge on any atom is 0.255 e. The van der Waals surface area contributed by atoms with Crippen molar-refractivity contribution in [2.45, 2.75) is 25.8 Å². The normalized spacial score (nSPS) is 15.2. The summed E-state index contributed by atoms with van der Waals surface area (Å²) in [5.41, 5.74) is 2.45. The summed E-state index contributed by atoms with van der Waals surface area (Å²) in [4.78, 5) is 25.5. The molecule has 1 amide bonds. The van der Waals surface area contributed by atoms with Crippen molar-refractivity contribution in [3.8, 4) is 5.75 Å². The Kier molecular flexibility index (Phi) is 6.39. The van der Waals surface area contributed by atoms with Crippen molar-refractivity contribution >= 4 is 23.1 Å². The molecule has 35 heavy (non-hydrogen) atoms. The lowest BCUT2D eigenvalue weighted by Gasteiger charge is -2.35. The predicted octanol–water partition coefficient (Wildman–Crippen LogP) is 5.51. The Morgan fingerprint density at radius 1 is 1.00 bits per heavy atom. The molecule has 2 N–H and O–H groups in total. The van der Waals surface area contributed by atoms with Gasteiger partial charge in [-0.25, -0.2) is 13.2 Å². The van der Waals surface area contributed by atoms with E-state index >= 15 is 0 Å². The van der Waals surface area contributed by atoms with Gasteiger partial charge in [-0.2, -0.15) is 0 Å². The highest BCUT2D eigenvalue weighted by Gasteiger charge is 2.28. The minimum absolute atomic E-state index is 0.239. The highest BCUT2D eigenvalue weighted by atomic mass is 19.2. The van der Waals surface area contributed by atoms with Gasteiger partial charge >= 0.3 is 0 Å². The van der Waals surface area contributed by atoms with Gasteiger partial charge in [-0.05, 0) is 62.2 Å². The van der Waals surface area contributed by atoms with Crippen molar-refractivity contribution in [3.63, 3.8) is 0 Å². The monoisotopic (exact) mass is 480 g/mol. The molecule has 3 aromatic carbocycles. The molecule has 0 radical (unpaired) electrons. The van der Waals surface area contributed by atoms with Gasteiger partial charge in [0.15, 0.2) is 23.2 Å². The summed E-state index contributed by atoms with van der Waals surface area (Å²) in [6.07, 6.45) is 2.26. The standard InChI is InChI=1S/C27H23F3N2O3/c1-27(2)14-16-7-8-19(35-3)12-20(16)23(32-27)13-24(33)15-5-4-6-18(9-15)31-26(34)17-10-21(28)25(30)22(29)11-17/h4-13,32H,14H2,1-3H3,(H,31,34). The summed E-state index contributed by atoms with van der Waals surface area (Å²) in [7, 11) is 1.57. The number of carbonyl (C=O) groups is 2. The Bertz CT molecular complexity index is 1340. The molecule has 5 nitrogen and oxygen atoms in total. The van der Waals surface area contributed by atoms with E-state index < -0.39 is 23.4 Å². The van der Waals surface area contributed by atoms with Gasteiger partial charge in [0.25, 0.3) is 5.91 Å². The number of hydrogen-bond donors (Lipinski definition) is 2. The SMILES string of the molecule is COc1ccc2c(c1)C(=CC(=O)c1cccc(NC(=O)c3cc(F)c(F)c(F)c3)c1)NC(C)(C)C2. The van der Waals surface area contributed by atoms with Gasteiger partial charge in [0, 0.05) is 39.7 Å². The van der Waals surface area contributed by atoms with Crippen LogP contribution in [0, 0.1) is 17.5 Å². The molecule has 4 rings (SSSR count). The number of halogens is 3. The van der Waals surface area contributed by atoms with Gasteiger partial charge < -0.3 is 15.4 Å². The summed E-state index contributed by atoms with van der Waals surface area (Å²) < 4.78 is 45.5. The van der Waals surface area contributed by atoms with Crippen LogP contribution < -0.4 is 15.4 Å². The molecule has 1 heterocycles. The average molecular weight is 480 g/mol. The number of anilines is 1. The summed E-state index contributed by atoms with van der Waals surface area (Å²) in [5.74, 6) is -5.07. The molecule has 8 heteroatoms. The fraction of sp³-hybridized carbons (Fsp3) is 0.185. The Morgan fingerprint density at radius 2 is 1.71 bits per heavy atom. The number of ketones is 1. The summed E-state index contributed by atoms with van der Waals surface area (Å²) in [6.45, 7) is 4.07. The Hall–Kier alpha value is -4.07. The smallest absolute Gasteiger partial charge is 0.255 e. The predicted molar refractivity (Wildman–Crippen MR) is 127 cm³/mol. The fourth-order valence-electron chi connectivity index (χ4n) is 4.01. The van der Waals surface area contributed by atoms with Crippen LogP contribution in [-0.4, -0.2) is 24.3 Å². The van der Waals surface area contributed by atoms with Gasteiger partial charge in [0.1, 0.15) is 5.75 Å². The van der Waals surface area contributed by atoms with Crippen molar-refractivity contribution in [3.05, 3.63) is 100 Å². The van der Waals surface area contributed by atoms with Gasteiger partial charge in [-0.15, -0.1) is 0 Å². The van der Waals surface area contributed by atoms with E-state index in [-0.39, 0.29) is 22.6 Å². The lowest BCUT2D eigenvalue weighted by molar-refractivity contribution is 0.102. The molecular weight excluding hydrogens is 457 g/mol. The van der Waals surface area contributed by atoms with Gasteiger partial charge in [0.05, 0.1) is 7.11 Å². The molecule has 1 aliphatic rings. The largest absolute Gasteiger partial charge is 0.497 e. The molecule has 0 saturated carbocycles. The first kappa shape index (κ1) is 24.1. The first-order valence-corrected chi connectivity index (χ1v) is 10.8. The molecule has 0 aliphatic carbocycles. The molecule has 3 aromatic rings. The maximum absolute atomic E-state index is 13.5. The molecule has 0 fully saturated rings. The number of hydrogen-bond acceptors (Lipinski definition) is 4. The molecular formula is C27H23F3N2O3. The number of ether oxygens (including phenoxy) is 1. The van der Waals surface area contributed by atoms with Crippen molar-refractivity contribution in [2.24, 2.45) is 0 Å². The molecule has 0 aromatic heterocycles. The molecule has 1 aliphatic heterocycles. The second kappa shape index (κ2) is 9.29. The van der Waals surface area contributed by atoms with E-state index in [9.17, 15) is 22.8 Å². The van der Waals surface area contributed by atoms with Crippen molar-refractivity contribution in [1.82, 2.24) is 5.32 Å². The fourth-order valence-corrected chi connectivity index (χ4v) is 4.01. The summed E-state index contributed by atoms with van der Waals surface area (Å²) >= 11 is 0. The number of amides is 1. The molecule has 0 spiro atoms. The van der Waals surface area contributed by atoms with Crippen LogP contribution in [0.2, 0.25) is 0 Å². The van der Waals surface area contributed by atoms with Crippen LogP contribution in [0.3, 0.4) is 0 Å². The number of fused-ring (bicyclic) bond motifs is 1. The van der Waals surface area contributed by atoms with E-state index in [1.807, 2.05) is 32.0 Å². The van der Waals surface area contributed by atoms with Gasteiger partial charge in [-0.3, -0.25) is 9.59 Å². The topological polar surface area (TPSA) is 67.4 Å². The zero-order valence-electron chi connectivity index (χ0n) is 19.3. The zero-order chi connectivity index (χ0) is 25.3. The Morgan fingerprint density at radius 3 is 2.40 bits per heavy atom. The quantitative estimate of drug-likeness (QED) is 0.287. The lowest BCUT2D eigenvalue weighted by Crippen LogP contribution is -2.43. The zero-order valence-corrected chi connectivity index (χ0v) is 19.3. The number of rotatable bonds is 5. The minimum atomic E-state index is -1.65. The molecule has 0 bridgehead atoms. The number of carbonyl (C=O) groups excluding carboxylic acids is 2. The van der Waals surface area contributed by atoms with E-state index in [1.165, 1.54) is 18.2 Å². The van der Waals surface area contributed by atoms with Crippen LogP contribution >= 0.6 is 0 Å². The Balaban J connectivity index is 1.60. The average Bonchev–Trinajstić information content (AvgIpc) is 2.81. The molecule has 180 valence electrons. The van der Waals surface area contributed by atoms with Crippen LogP contribution in [0.1, 0.15) is 45.7 Å². The number of methoxy groups -OCH3 is 1. The van der Waals surface area contributed by atoms with Gasteiger partial charge in [-0.1, -0.05) is 18.2 Å². The van der Waals surface area contributed by atoms with Gasteiger partial charge in [0.2, 0.25) is 0 Å². The first-order valence-electron chi connectivity index (χ1n) is 10.8. The van der Waals surface area contributed by atoms with E-state index in [2.05, 4.69) is 10.6 Å². The third-order valence-electron chi connectivity index (χ3n) is 5.64. The van der Waals surface area contributed by atoms with E-state index in [4.69, 9.17) is 4.74 Å². The second-order valence-electron chi connectivity index (χ2n) is 8.92. The van der Waals surface area contributed by atoms with Crippen molar-refractivity contribution in [2.75, 3.05) is 12.4 Å². The molecule has 0 unspecified atom stereocenters. The van der Waals surface area contributed by atoms with Crippen molar-refractivity contribution < 1.29 is 27.5 Å². The van der Waals surface area contributed by atoms with E-state index in [1.54, 1.807) is 19.2 Å². The van der Waals surface area contributed by atoms with Crippen LogP contribution in [0.5, 0.6) is 5.75 Å². The third kappa shape index (κ3) is 5.21. The molecule has 0 atom stereocenters. The van der Waals surface area contributed by atoms with Crippen LogP contribution in [-0.2, 0) is 6.42 Å². The number of nitrogens with one attached hydrogen (secondary N) is 2. The maximum atomic E-state index is 13.5. The van der Waals surface area contributed by atoms with Crippen molar-refractivity contribution in [1.29, 1.82) is 0 Å². The van der Waals surface area contributed by atoms with Crippen LogP contribution in [0.25, 0.3) is 5.70 Å². The van der Waals surface area contributed by atoms with Crippen LogP contribution in [0.4, 0.5) is 18.9 Å². The highest BCUT2D eigenvalue weighted by Crippen LogP contribution is 2.32. The second-order valence-corrected chi connectivity index (χ2v) is 8.92. The van der Waals surface area contributed by atoms with E-state index in [0.717, 1.165) is 17.5 Å². The highest BCUT2D eigenvalue weighted by molar-refractivity contribution is 6.10. The summed E-state index contributed by atoms with van der Waals surface area (Å²) in [6, 6.07) is 13.1. The summed E-state index contributed by atoms with van der Waals surface area (Å²) in [5, 5.41) is 5.87. The third-order valence-corrected chi connectivity index (χ3v) is 5.64. The number of benzene rings is 3. The number of allylic oxidation sites excluding steroid dienone is 1. The molecule has 0 saturated heterocycles. The minimum Gasteiger partial charge on any atom is -0.497 e. The van der Waals surface area contributed by atoms with E-state index in [0.29, 0.717) is 29.1 Å². The lowest BCUT2D eigenvalue weighted by atomic mass is 9.85.